The molecule has 0 radical (unpaired) electrons. The predicted octanol–water partition coefficient (Wildman–Crippen LogP) is 4.07. The number of ether oxygens (including phenoxy) is 4. The molecule has 2 saturated heterocycles. The molecule has 4 aliphatic rings. The zero-order chi connectivity index (χ0) is 30.8. The smallest absolute Gasteiger partial charge is 0.428 e. The third kappa shape index (κ3) is 4.35. The van der Waals surface area contributed by atoms with Gasteiger partial charge < -0.3 is 23.8 Å². The number of thiazole rings is 1. The summed E-state index contributed by atoms with van der Waals surface area (Å²) in [5.74, 6) is -3.14. The normalized spacial score (nSPS) is 21.6. The Morgan fingerprint density at radius 3 is 2.71 bits per heavy atom. The molecule has 3 atom stereocenters. The molecule has 0 N–H and O–H groups in total. The van der Waals surface area contributed by atoms with Crippen molar-refractivity contribution < 1.29 is 37.3 Å². The van der Waals surface area contributed by atoms with E-state index in [2.05, 4.69) is 4.98 Å². The highest BCUT2D eigenvalue weighted by Crippen LogP contribution is 2.50. The number of rotatable bonds is 3. The van der Waals surface area contributed by atoms with Crippen LogP contribution in [0.15, 0.2) is 59.0 Å². The van der Waals surface area contributed by atoms with Gasteiger partial charge in [-0.25, -0.2) is 18.6 Å². The van der Waals surface area contributed by atoms with Crippen molar-refractivity contribution in [3.05, 3.63) is 92.9 Å². The van der Waals surface area contributed by atoms with E-state index in [-0.39, 0.29) is 37.6 Å². The van der Waals surface area contributed by atoms with Crippen LogP contribution in [0.2, 0.25) is 0 Å². The van der Waals surface area contributed by atoms with Crippen molar-refractivity contribution in [2.24, 2.45) is 0 Å². The standard InChI is InChI=1S/C31H24F2N4O7S/c32-20-6-5-19-23(24(20)33)25-29(45-15-34-25)18-4-2-1-3-17(18)26(19)37-22-14-42-12-10-35(22)30(39)27-28(21(38)7-9-36(27)37)44-31(40)43-16-8-11-41-13-16/h1-7,9,15-16,22,26H,8,10-14H2/t16-,22?,26?/m0/s1. The minimum Gasteiger partial charge on any atom is -0.428 e. The van der Waals surface area contributed by atoms with E-state index >= 15 is 4.39 Å². The Balaban J connectivity index is 1.36. The van der Waals surface area contributed by atoms with E-state index in [0.29, 0.717) is 29.2 Å². The zero-order valence-corrected chi connectivity index (χ0v) is 24.3. The van der Waals surface area contributed by atoms with Crippen LogP contribution in [0.25, 0.3) is 21.7 Å². The van der Waals surface area contributed by atoms with Gasteiger partial charge in [-0.15, -0.1) is 11.3 Å². The maximum Gasteiger partial charge on any atom is 0.514 e. The average Bonchev–Trinajstić information content (AvgIpc) is 3.73. The molecule has 14 heteroatoms. The van der Waals surface area contributed by atoms with Gasteiger partial charge in [-0.05, 0) is 22.8 Å². The van der Waals surface area contributed by atoms with Crippen LogP contribution in [-0.2, 0) is 14.2 Å². The topological polar surface area (TPSA) is 112 Å². The van der Waals surface area contributed by atoms with Crippen LogP contribution in [-0.4, -0.2) is 71.9 Å². The summed E-state index contributed by atoms with van der Waals surface area (Å²) < 4.78 is 54.0. The highest BCUT2D eigenvalue weighted by molar-refractivity contribution is 7.13. The van der Waals surface area contributed by atoms with Crippen LogP contribution >= 0.6 is 11.3 Å². The number of morpholine rings is 1. The molecule has 2 aromatic heterocycles. The van der Waals surface area contributed by atoms with Crippen LogP contribution in [0.1, 0.15) is 34.1 Å². The number of benzene rings is 2. The Kier molecular flexibility index (Phi) is 6.66. The molecular weight excluding hydrogens is 610 g/mol. The van der Waals surface area contributed by atoms with Crippen molar-refractivity contribution in [2.75, 3.05) is 38.0 Å². The number of carbonyl (C=O) groups excluding carboxylic acids is 2. The Labute approximate surface area is 258 Å². The zero-order valence-electron chi connectivity index (χ0n) is 23.5. The van der Waals surface area contributed by atoms with E-state index < -0.39 is 53.2 Å². The van der Waals surface area contributed by atoms with Crippen molar-refractivity contribution in [1.82, 2.24) is 14.6 Å². The number of hydrogen-bond acceptors (Lipinski definition) is 10. The van der Waals surface area contributed by atoms with E-state index in [9.17, 15) is 18.8 Å². The molecule has 3 aliphatic heterocycles. The van der Waals surface area contributed by atoms with E-state index in [1.165, 1.54) is 39.2 Å². The van der Waals surface area contributed by atoms with Gasteiger partial charge in [0.2, 0.25) is 11.2 Å². The second-order valence-corrected chi connectivity index (χ2v) is 11.8. The van der Waals surface area contributed by atoms with Gasteiger partial charge in [0.25, 0.3) is 5.91 Å². The van der Waals surface area contributed by atoms with Crippen LogP contribution in [0.4, 0.5) is 13.6 Å². The Morgan fingerprint density at radius 1 is 1.02 bits per heavy atom. The number of fused-ring (bicyclic) bond motifs is 7. The Morgan fingerprint density at radius 2 is 1.87 bits per heavy atom. The SMILES string of the molecule is O=C(Oc1c2n(ccc1=O)N(C1c3ccccc3-c3scnc3-c3c1ccc(F)c3F)C1COCCN1C2=O)O[C@H]1CCOC1. The van der Waals surface area contributed by atoms with Gasteiger partial charge in [0.15, 0.2) is 17.3 Å². The number of amides is 1. The number of nitrogens with zero attached hydrogens (tertiary/aromatic N) is 4. The Hall–Kier alpha value is -4.66. The lowest BCUT2D eigenvalue weighted by Gasteiger charge is -2.51. The van der Waals surface area contributed by atoms with Gasteiger partial charge in [-0.1, -0.05) is 30.3 Å². The molecule has 230 valence electrons. The molecule has 4 aromatic rings. The van der Waals surface area contributed by atoms with Crippen LogP contribution < -0.4 is 15.2 Å². The highest BCUT2D eigenvalue weighted by atomic mass is 32.1. The van der Waals surface area contributed by atoms with E-state index in [0.717, 1.165) is 17.2 Å². The lowest BCUT2D eigenvalue weighted by Crippen LogP contribution is -2.66. The summed E-state index contributed by atoms with van der Waals surface area (Å²) >= 11 is 1.30. The quantitative estimate of drug-likeness (QED) is 0.308. The van der Waals surface area contributed by atoms with Gasteiger partial charge in [-0.3, -0.25) is 19.3 Å². The molecule has 45 heavy (non-hydrogen) atoms. The maximum absolute atomic E-state index is 15.9. The molecule has 2 fully saturated rings. The van der Waals surface area contributed by atoms with Crippen molar-refractivity contribution in [2.45, 2.75) is 24.7 Å². The molecule has 2 unspecified atom stereocenters. The molecular formula is C31H24F2N4O7S. The molecule has 11 nitrogen and oxygen atoms in total. The summed E-state index contributed by atoms with van der Waals surface area (Å²) in [6.45, 7) is 1.09. The molecule has 0 spiro atoms. The van der Waals surface area contributed by atoms with E-state index in [4.69, 9.17) is 18.9 Å². The van der Waals surface area contributed by atoms with E-state index in [1.807, 2.05) is 24.3 Å². The van der Waals surface area contributed by atoms with Crippen LogP contribution in [0, 0.1) is 11.6 Å². The first-order valence-corrected chi connectivity index (χ1v) is 15.2. The predicted molar refractivity (Wildman–Crippen MR) is 156 cm³/mol. The fraction of sp³-hybridized carbons (Fsp3) is 0.290. The molecule has 1 aliphatic carbocycles. The maximum atomic E-state index is 15.9. The number of carbonyl (C=O) groups is 2. The molecule has 0 saturated carbocycles. The highest BCUT2D eigenvalue weighted by Gasteiger charge is 2.47. The molecule has 5 heterocycles. The number of hydrogen-bond donors (Lipinski definition) is 0. The molecule has 1 amide bonds. The second-order valence-electron chi connectivity index (χ2n) is 10.9. The summed E-state index contributed by atoms with van der Waals surface area (Å²) in [6, 6.07) is 10.4. The molecule has 2 aromatic carbocycles. The van der Waals surface area contributed by atoms with Gasteiger partial charge in [0.05, 0.1) is 48.6 Å². The van der Waals surface area contributed by atoms with Crippen LogP contribution in [0.3, 0.4) is 0 Å². The van der Waals surface area contributed by atoms with Gasteiger partial charge in [0, 0.05) is 30.8 Å². The van der Waals surface area contributed by atoms with Gasteiger partial charge in [0.1, 0.15) is 12.3 Å². The number of aromatic nitrogens is 2. The minimum atomic E-state index is -1.14. The number of halogens is 2. The van der Waals surface area contributed by atoms with Crippen molar-refractivity contribution in [3.63, 3.8) is 0 Å². The molecule has 8 rings (SSSR count). The third-order valence-corrected chi connectivity index (χ3v) is 9.34. The lowest BCUT2D eigenvalue weighted by molar-refractivity contribution is -0.0198. The number of pyridine rings is 1. The summed E-state index contributed by atoms with van der Waals surface area (Å²) in [7, 11) is 0. The Bertz CT molecular complexity index is 1920. The van der Waals surface area contributed by atoms with E-state index in [1.54, 1.807) is 10.5 Å². The van der Waals surface area contributed by atoms with Crippen molar-refractivity contribution in [3.8, 4) is 27.4 Å². The monoisotopic (exact) mass is 634 g/mol. The summed E-state index contributed by atoms with van der Waals surface area (Å²) in [4.78, 5) is 46.8. The van der Waals surface area contributed by atoms with Gasteiger partial charge >= 0.3 is 6.16 Å². The first-order valence-electron chi connectivity index (χ1n) is 14.3. The van der Waals surface area contributed by atoms with Crippen LogP contribution in [0.5, 0.6) is 5.75 Å². The first-order chi connectivity index (χ1) is 21.9. The second kappa shape index (κ2) is 10.8. The third-order valence-electron chi connectivity index (χ3n) is 8.48. The van der Waals surface area contributed by atoms with Crippen molar-refractivity contribution in [1.29, 1.82) is 0 Å². The average molecular weight is 635 g/mol. The largest absolute Gasteiger partial charge is 0.514 e. The summed E-state index contributed by atoms with van der Waals surface area (Å²) in [5.41, 5.74) is 2.83. The molecule has 0 bridgehead atoms. The van der Waals surface area contributed by atoms with Gasteiger partial charge in [-0.2, -0.15) is 0 Å². The fourth-order valence-corrected chi connectivity index (χ4v) is 7.35. The lowest BCUT2D eigenvalue weighted by atomic mass is 9.92. The first kappa shape index (κ1) is 27.9. The summed E-state index contributed by atoms with van der Waals surface area (Å²) in [6.07, 6.45) is -0.537. The van der Waals surface area contributed by atoms with Crippen molar-refractivity contribution >= 4 is 23.4 Å². The summed E-state index contributed by atoms with van der Waals surface area (Å²) in [5, 5.41) is 1.78. The fourth-order valence-electron chi connectivity index (χ4n) is 6.51. The minimum absolute atomic E-state index is 0.00550.